The van der Waals surface area contributed by atoms with Crippen LogP contribution >= 0.6 is 0 Å². The van der Waals surface area contributed by atoms with E-state index in [4.69, 9.17) is 5.11 Å². The zero-order chi connectivity index (χ0) is 14.5. The number of anilines is 1. The summed E-state index contributed by atoms with van der Waals surface area (Å²) in [5, 5.41) is 8.97. The fraction of sp³-hybridized carbons (Fsp3) is 0.235. The van der Waals surface area contributed by atoms with E-state index >= 15 is 0 Å². The number of hydrogen-bond donors (Lipinski definition) is 1. The molecule has 0 spiro atoms. The van der Waals surface area contributed by atoms with Gasteiger partial charge in [0.15, 0.2) is 0 Å². The van der Waals surface area contributed by atoms with Gasteiger partial charge in [-0.3, -0.25) is 4.79 Å². The summed E-state index contributed by atoms with van der Waals surface area (Å²) in [5.74, 6) is -0.796. The Morgan fingerprint density at radius 3 is 2.45 bits per heavy atom. The second-order valence-corrected chi connectivity index (χ2v) is 5.03. The van der Waals surface area contributed by atoms with Gasteiger partial charge in [0.05, 0.1) is 6.42 Å². The summed E-state index contributed by atoms with van der Waals surface area (Å²) in [6.45, 7) is 2.77. The van der Waals surface area contributed by atoms with Gasteiger partial charge in [-0.15, -0.1) is 0 Å². The molecule has 104 valence electrons. The fourth-order valence-electron chi connectivity index (χ4n) is 2.26. The molecule has 0 saturated heterocycles. The first-order valence-electron chi connectivity index (χ1n) is 6.62. The molecule has 2 aromatic rings. The molecule has 0 atom stereocenters. The van der Waals surface area contributed by atoms with E-state index in [0.29, 0.717) is 6.54 Å². The highest BCUT2D eigenvalue weighted by atomic mass is 16.4. The van der Waals surface area contributed by atoms with Gasteiger partial charge < -0.3 is 10.0 Å². The lowest BCUT2D eigenvalue weighted by Crippen LogP contribution is -2.18. The Bertz CT molecular complexity index is 607. The lowest BCUT2D eigenvalue weighted by atomic mass is 10.0. The summed E-state index contributed by atoms with van der Waals surface area (Å²) < 4.78 is 0. The van der Waals surface area contributed by atoms with Crippen LogP contribution in [0.4, 0.5) is 5.69 Å². The van der Waals surface area contributed by atoms with Crippen LogP contribution in [0, 0.1) is 6.92 Å². The van der Waals surface area contributed by atoms with Crippen LogP contribution in [0.15, 0.2) is 48.5 Å². The van der Waals surface area contributed by atoms with E-state index in [1.54, 1.807) is 0 Å². The van der Waals surface area contributed by atoms with Crippen molar-refractivity contribution >= 4 is 11.7 Å². The van der Waals surface area contributed by atoms with E-state index in [-0.39, 0.29) is 6.42 Å². The maximum absolute atomic E-state index is 10.9. The molecule has 0 aliphatic rings. The zero-order valence-corrected chi connectivity index (χ0v) is 11.8. The van der Waals surface area contributed by atoms with Crippen LogP contribution in [-0.2, 0) is 17.8 Å². The first-order chi connectivity index (χ1) is 9.56. The molecule has 0 heterocycles. The topological polar surface area (TPSA) is 40.5 Å². The van der Waals surface area contributed by atoms with Crippen molar-refractivity contribution in [3.8, 4) is 0 Å². The van der Waals surface area contributed by atoms with Gasteiger partial charge in [-0.25, -0.2) is 0 Å². The summed E-state index contributed by atoms with van der Waals surface area (Å²) in [4.78, 5) is 13.0. The summed E-state index contributed by atoms with van der Waals surface area (Å²) in [7, 11) is 2.02. The van der Waals surface area contributed by atoms with Crippen molar-refractivity contribution in [1.82, 2.24) is 0 Å². The van der Waals surface area contributed by atoms with Crippen molar-refractivity contribution in [3.05, 3.63) is 65.2 Å². The van der Waals surface area contributed by atoms with Crippen LogP contribution in [0.3, 0.4) is 0 Å². The highest BCUT2D eigenvalue weighted by Gasteiger charge is 2.09. The Kier molecular flexibility index (Phi) is 4.41. The van der Waals surface area contributed by atoms with E-state index in [0.717, 1.165) is 16.8 Å². The smallest absolute Gasteiger partial charge is 0.307 e. The molecule has 2 rings (SSSR count). The van der Waals surface area contributed by atoms with Crippen molar-refractivity contribution in [2.75, 3.05) is 11.9 Å². The van der Waals surface area contributed by atoms with Gasteiger partial charge in [0, 0.05) is 19.3 Å². The standard InChI is InChI=1S/C17H19NO2/c1-13-6-5-9-16(10-13)18(2)12-15-8-4-3-7-14(15)11-17(19)20/h3-10H,11-12H2,1-2H3,(H,19,20). The quantitative estimate of drug-likeness (QED) is 0.905. The maximum atomic E-state index is 10.9. The average molecular weight is 269 g/mol. The molecule has 3 heteroatoms. The zero-order valence-electron chi connectivity index (χ0n) is 11.8. The number of aryl methyl sites for hydroxylation is 1. The van der Waals surface area contributed by atoms with Gasteiger partial charge in [0.2, 0.25) is 0 Å². The van der Waals surface area contributed by atoms with Gasteiger partial charge in [-0.1, -0.05) is 36.4 Å². The van der Waals surface area contributed by atoms with Crippen LogP contribution in [-0.4, -0.2) is 18.1 Å². The molecule has 0 fully saturated rings. The van der Waals surface area contributed by atoms with Crippen molar-refractivity contribution in [3.63, 3.8) is 0 Å². The molecule has 0 radical (unpaired) electrons. The minimum atomic E-state index is -0.796. The molecule has 2 aromatic carbocycles. The van der Waals surface area contributed by atoms with Crippen LogP contribution in [0.2, 0.25) is 0 Å². The third-order valence-corrected chi connectivity index (χ3v) is 3.31. The van der Waals surface area contributed by atoms with Gasteiger partial charge in [-0.05, 0) is 35.7 Å². The summed E-state index contributed by atoms with van der Waals surface area (Å²) in [5.41, 5.74) is 4.28. The van der Waals surface area contributed by atoms with E-state index in [2.05, 4.69) is 30.0 Å². The first kappa shape index (κ1) is 14.1. The maximum Gasteiger partial charge on any atom is 0.307 e. The number of rotatable bonds is 5. The molecule has 0 aromatic heterocycles. The second kappa shape index (κ2) is 6.24. The lowest BCUT2D eigenvalue weighted by molar-refractivity contribution is -0.136. The molecule has 0 unspecified atom stereocenters. The SMILES string of the molecule is Cc1cccc(N(C)Cc2ccccc2CC(=O)O)c1. The molecule has 0 aliphatic carbocycles. The third-order valence-electron chi connectivity index (χ3n) is 3.31. The van der Waals surface area contributed by atoms with Gasteiger partial charge in [0.25, 0.3) is 0 Å². The Morgan fingerprint density at radius 1 is 1.10 bits per heavy atom. The molecule has 0 saturated carbocycles. The van der Waals surface area contributed by atoms with E-state index in [1.165, 1.54) is 5.56 Å². The predicted molar refractivity (Wildman–Crippen MR) is 81.1 cm³/mol. The normalized spacial score (nSPS) is 10.3. The van der Waals surface area contributed by atoms with E-state index in [9.17, 15) is 4.79 Å². The lowest BCUT2D eigenvalue weighted by Gasteiger charge is -2.21. The number of aliphatic carboxylic acids is 1. The van der Waals surface area contributed by atoms with Crippen LogP contribution in [0.5, 0.6) is 0 Å². The minimum Gasteiger partial charge on any atom is -0.481 e. The Balaban J connectivity index is 2.19. The highest BCUT2D eigenvalue weighted by Crippen LogP contribution is 2.19. The van der Waals surface area contributed by atoms with Crippen molar-refractivity contribution in [2.24, 2.45) is 0 Å². The monoisotopic (exact) mass is 269 g/mol. The molecule has 20 heavy (non-hydrogen) atoms. The first-order valence-corrected chi connectivity index (χ1v) is 6.62. The molecular weight excluding hydrogens is 250 g/mol. The van der Waals surface area contributed by atoms with Crippen LogP contribution in [0.25, 0.3) is 0 Å². The number of carbonyl (C=O) groups is 1. The summed E-state index contributed by atoms with van der Waals surface area (Å²) in [6.07, 6.45) is 0.0673. The molecule has 0 amide bonds. The number of hydrogen-bond acceptors (Lipinski definition) is 2. The predicted octanol–water partition coefficient (Wildman–Crippen LogP) is 3.26. The average Bonchev–Trinajstić information content (AvgIpc) is 2.40. The number of nitrogens with zero attached hydrogens (tertiary/aromatic N) is 1. The highest BCUT2D eigenvalue weighted by molar-refractivity contribution is 5.70. The molecule has 0 bridgehead atoms. The van der Waals surface area contributed by atoms with E-state index < -0.39 is 5.97 Å². The summed E-state index contributed by atoms with van der Waals surface area (Å²) in [6, 6.07) is 16.0. The van der Waals surface area contributed by atoms with Crippen molar-refractivity contribution < 1.29 is 9.90 Å². The molecule has 0 aliphatic heterocycles. The third kappa shape index (κ3) is 3.60. The molecule has 3 nitrogen and oxygen atoms in total. The number of carboxylic acid groups (broad SMARTS) is 1. The van der Waals surface area contributed by atoms with Crippen molar-refractivity contribution in [2.45, 2.75) is 19.9 Å². The Hall–Kier alpha value is -2.29. The Labute approximate surface area is 119 Å². The van der Waals surface area contributed by atoms with Crippen LogP contribution < -0.4 is 4.90 Å². The van der Waals surface area contributed by atoms with Gasteiger partial charge >= 0.3 is 5.97 Å². The largest absolute Gasteiger partial charge is 0.481 e. The van der Waals surface area contributed by atoms with Crippen molar-refractivity contribution in [1.29, 1.82) is 0 Å². The minimum absolute atomic E-state index is 0.0673. The summed E-state index contributed by atoms with van der Waals surface area (Å²) >= 11 is 0. The van der Waals surface area contributed by atoms with E-state index in [1.807, 2.05) is 37.4 Å². The molecule has 1 N–H and O–H groups in total. The second-order valence-electron chi connectivity index (χ2n) is 5.03. The number of benzene rings is 2. The number of carboxylic acids is 1. The van der Waals surface area contributed by atoms with Gasteiger partial charge in [-0.2, -0.15) is 0 Å². The molecular formula is C17H19NO2. The van der Waals surface area contributed by atoms with Crippen LogP contribution in [0.1, 0.15) is 16.7 Å². The van der Waals surface area contributed by atoms with Gasteiger partial charge in [0.1, 0.15) is 0 Å². The fourth-order valence-corrected chi connectivity index (χ4v) is 2.26. The Morgan fingerprint density at radius 2 is 1.80 bits per heavy atom.